The smallest absolute Gasteiger partial charge is 0.250 e. The van der Waals surface area contributed by atoms with E-state index in [1.165, 1.54) is 6.07 Å². The predicted molar refractivity (Wildman–Crippen MR) is 92.8 cm³/mol. The summed E-state index contributed by atoms with van der Waals surface area (Å²) in [7, 11) is 0. The topological polar surface area (TPSA) is 68.0 Å². The van der Waals surface area contributed by atoms with Gasteiger partial charge in [-0.25, -0.2) is 4.39 Å². The summed E-state index contributed by atoms with van der Waals surface area (Å²) in [6.07, 6.45) is 0.414. The number of carbonyl (C=O) groups excluding carboxylic acids is 1. The Morgan fingerprint density at radius 1 is 1.24 bits per heavy atom. The van der Waals surface area contributed by atoms with Crippen LogP contribution in [0.15, 0.2) is 46.9 Å². The summed E-state index contributed by atoms with van der Waals surface area (Å²) < 4.78 is 19.1. The SMILES string of the molecule is Cc1ccc(NC(=O)CCc2nnc(-c3ccccc3F)o2)cc1Cl. The molecule has 0 aliphatic carbocycles. The molecule has 7 heteroatoms. The first-order chi connectivity index (χ1) is 12.0. The quantitative estimate of drug-likeness (QED) is 0.732. The van der Waals surface area contributed by atoms with Gasteiger partial charge in [0, 0.05) is 23.6 Å². The van der Waals surface area contributed by atoms with Gasteiger partial charge < -0.3 is 9.73 Å². The predicted octanol–water partition coefficient (Wildman–Crippen LogP) is 4.41. The fourth-order valence-corrected chi connectivity index (χ4v) is 2.39. The highest BCUT2D eigenvalue weighted by Crippen LogP contribution is 2.22. The molecule has 0 bridgehead atoms. The van der Waals surface area contributed by atoms with Gasteiger partial charge in [0.2, 0.25) is 11.8 Å². The van der Waals surface area contributed by atoms with E-state index >= 15 is 0 Å². The molecule has 0 radical (unpaired) electrons. The number of aromatic nitrogens is 2. The summed E-state index contributed by atoms with van der Waals surface area (Å²) >= 11 is 6.03. The second-order valence-electron chi connectivity index (χ2n) is 5.49. The number of nitrogens with zero attached hydrogens (tertiary/aromatic N) is 2. The van der Waals surface area contributed by atoms with Gasteiger partial charge in [0.1, 0.15) is 5.82 Å². The van der Waals surface area contributed by atoms with Crippen molar-refractivity contribution in [3.8, 4) is 11.5 Å². The Morgan fingerprint density at radius 2 is 2.04 bits per heavy atom. The lowest BCUT2D eigenvalue weighted by atomic mass is 10.2. The van der Waals surface area contributed by atoms with Crippen molar-refractivity contribution in [3.63, 3.8) is 0 Å². The molecule has 0 saturated heterocycles. The van der Waals surface area contributed by atoms with E-state index in [0.717, 1.165) is 5.56 Å². The van der Waals surface area contributed by atoms with Gasteiger partial charge in [0.25, 0.3) is 5.89 Å². The van der Waals surface area contributed by atoms with E-state index in [2.05, 4.69) is 15.5 Å². The van der Waals surface area contributed by atoms with Crippen LogP contribution in [-0.2, 0) is 11.2 Å². The van der Waals surface area contributed by atoms with Crippen LogP contribution in [0.4, 0.5) is 10.1 Å². The minimum atomic E-state index is -0.438. The van der Waals surface area contributed by atoms with Crippen LogP contribution in [0, 0.1) is 12.7 Å². The van der Waals surface area contributed by atoms with E-state index in [-0.39, 0.29) is 36.1 Å². The average molecular weight is 360 g/mol. The van der Waals surface area contributed by atoms with E-state index in [1.807, 2.05) is 13.0 Å². The molecule has 0 spiro atoms. The lowest BCUT2D eigenvalue weighted by Gasteiger charge is -2.06. The van der Waals surface area contributed by atoms with Crippen molar-refractivity contribution >= 4 is 23.2 Å². The molecule has 3 aromatic rings. The minimum absolute atomic E-state index is 0.0961. The number of nitrogens with one attached hydrogen (secondary N) is 1. The summed E-state index contributed by atoms with van der Waals surface area (Å²) in [6.45, 7) is 1.89. The molecular weight excluding hydrogens is 345 g/mol. The van der Waals surface area contributed by atoms with E-state index in [4.69, 9.17) is 16.0 Å². The molecule has 128 valence electrons. The van der Waals surface area contributed by atoms with E-state index < -0.39 is 5.82 Å². The zero-order valence-corrected chi connectivity index (χ0v) is 14.2. The Bertz CT molecular complexity index is 911. The zero-order chi connectivity index (χ0) is 17.8. The number of carbonyl (C=O) groups is 1. The number of halogens is 2. The Kier molecular flexibility index (Phi) is 5.09. The van der Waals surface area contributed by atoms with Gasteiger partial charge in [-0.1, -0.05) is 29.8 Å². The fraction of sp³-hybridized carbons (Fsp3) is 0.167. The highest BCUT2D eigenvalue weighted by Gasteiger charge is 2.13. The first-order valence-corrected chi connectivity index (χ1v) is 8.04. The van der Waals surface area contributed by atoms with Crippen LogP contribution in [-0.4, -0.2) is 16.1 Å². The van der Waals surface area contributed by atoms with Crippen LogP contribution in [0.2, 0.25) is 5.02 Å². The Morgan fingerprint density at radius 3 is 2.80 bits per heavy atom. The molecule has 1 heterocycles. The summed E-state index contributed by atoms with van der Waals surface area (Å²) in [5.74, 6) is -0.272. The number of anilines is 1. The van der Waals surface area contributed by atoms with Crippen LogP contribution in [0.3, 0.4) is 0 Å². The fourth-order valence-electron chi connectivity index (χ4n) is 2.21. The number of amides is 1. The maximum Gasteiger partial charge on any atom is 0.250 e. The standard InChI is InChI=1S/C18H15ClFN3O2/c1-11-6-7-12(10-14(11)19)21-16(24)8-9-17-22-23-18(25-17)13-4-2-3-5-15(13)20/h2-7,10H,8-9H2,1H3,(H,21,24). The molecule has 3 rings (SSSR count). The summed E-state index contributed by atoms with van der Waals surface area (Å²) in [5.41, 5.74) is 1.80. The Balaban J connectivity index is 1.59. The van der Waals surface area contributed by atoms with Crippen molar-refractivity contribution in [2.24, 2.45) is 0 Å². The molecule has 1 amide bonds. The summed E-state index contributed by atoms with van der Waals surface area (Å²) in [5, 5.41) is 11.0. The molecule has 5 nitrogen and oxygen atoms in total. The number of benzene rings is 2. The molecule has 0 aliphatic heterocycles. The molecule has 0 atom stereocenters. The zero-order valence-electron chi connectivity index (χ0n) is 13.4. The molecule has 0 fully saturated rings. The Labute approximate surface area is 148 Å². The van der Waals surface area contributed by atoms with Crippen molar-refractivity contribution in [2.45, 2.75) is 19.8 Å². The van der Waals surface area contributed by atoms with Crippen molar-refractivity contribution < 1.29 is 13.6 Å². The molecule has 2 aromatic carbocycles. The van der Waals surface area contributed by atoms with Crippen LogP contribution in [0.25, 0.3) is 11.5 Å². The van der Waals surface area contributed by atoms with Crippen molar-refractivity contribution in [3.05, 3.63) is 64.8 Å². The van der Waals surface area contributed by atoms with Gasteiger partial charge in [-0.2, -0.15) is 0 Å². The highest BCUT2D eigenvalue weighted by molar-refractivity contribution is 6.31. The molecule has 0 aliphatic rings. The van der Waals surface area contributed by atoms with Gasteiger partial charge >= 0.3 is 0 Å². The van der Waals surface area contributed by atoms with Crippen molar-refractivity contribution in [1.29, 1.82) is 0 Å². The lowest BCUT2D eigenvalue weighted by molar-refractivity contribution is -0.116. The second kappa shape index (κ2) is 7.44. The lowest BCUT2D eigenvalue weighted by Crippen LogP contribution is -2.12. The summed E-state index contributed by atoms with van der Waals surface area (Å²) in [6, 6.07) is 11.4. The van der Waals surface area contributed by atoms with E-state index in [1.54, 1.807) is 30.3 Å². The number of aryl methyl sites for hydroxylation is 2. The average Bonchev–Trinajstić information content (AvgIpc) is 3.05. The van der Waals surface area contributed by atoms with E-state index in [0.29, 0.717) is 10.7 Å². The first-order valence-electron chi connectivity index (χ1n) is 7.66. The molecule has 0 unspecified atom stereocenters. The van der Waals surface area contributed by atoms with Gasteiger partial charge in [0.15, 0.2) is 0 Å². The van der Waals surface area contributed by atoms with Gasteiger partial charge in [-0.3, -0.25) is 4.79 Å². The van der Waals surface area contributed by atoms with Crippen LogP contribution in [0.5, 0.6) is 0 Å². The van der Waals surface area contributed by atoms with Gasteiger partial charge in [0.05, 0.1) is 5.56 Å². The van der Waals surface area contributed by atoms with Crippen LogP contribution < -0.4 is 5.32 Å². The van der Waals surface area contributed by atoms with Crippen molar-refractivity contribution in [1.82, 2.24) is 10.2 Å². The third-order valence-electron chi connectivity index (χ3n) is 3.59. The molecular formula is C18H15ClFN3O2. The van der Waals surface area contributed by atoms with Crippen LogP contribution >= 0.6 is 11.6 Å². The van der Waals surface area contributed by atoms with Gasteiger partial charge in [-0.15, -0.1) is 10.2 Å². The first kappa shape index (κ1) is 17.1. The number of hydrogen-bond acceptors (Lipinski definition) is 4. The minimum Gasteiger partial charge on any atom is -0.421 e. The third-order valence-corrected chi connectivity index (χ3v) is 4.00. The van der Waals surface area contributed by atoms with Crippen molar-refractivity contribution in [2.75, 3.05) is 5.32 Å². The third kappa shape index (κ3) is 4.22. The second-order valence-corrected chi connectivity index (χ2v) is 5.90. The molecule has 1 N–H and O–H groups in total. The Hall–Kier alpha value is -2.73. The molecule has 0 saturated carbocycles. The summed E-state index contributed by atoms with van der Waals surface area (Å²) in [4.78, 5) is 12.0. The van der Waals surface area contributed by atoms with Gasteiger partial charge in [-0.05, 0) is 36.8 Å². The maximum absolute atomic E-state index is 13.7. The van der Waals surface area contributed by atoms with Crippen LogP contribution in [0.1, 0.15) is 17.9 Å². The normalized spacial score (nSPS) is 10.7. The maximum atomic E-state index is 13.7. The number of hydrogen-bond donors (Lipinski definition) is 1. The number of rotatable bonds is 5. The monoisotopic (exact) mass is 359 g/mol. The molecule has 25 heavy (non-hydrogen) atoms. The largest absolute Gasteiger partial charge is 0.421 e. The van der Waals surface area contributed by atoms with E-state index in [9.17, 15) is 9.18 Å². The molecule has 1 aromatic heterocycles. The highest BCUT2D eigenvalue weighted by atomic mass is 35.5.